The first-order chi connectivity index (χ1) is 11.7. The van der Waals surface area contributed by atoms with Gasteiger partial charge < -0.3 is 5.32 Å². The molecule has 1 amide bonds. The van der Waals surface area contributed by atoms with Crippen LogP contribution in [-0.2, 0) is 5.75 Å². The number of amides is 1. The van der Waals surface area contributed by atoms with Crippen LogP contribution >= 0.6 is 11.8 Å². The number of carbonyl (C=O) groups excluding carboxylic acids is 1. The van der Waals surface area contributed by atoms with E-state index in [1.54, 1.807) is 54.9 Å². The zero-order chi connectivity index (χ0) is 16.8. The van der Waals surface area contributed by atoms with Crippen molar-refractivity contribution in [3.8, 4) is 0 Å². The highest BCUT2D eigenvalue weighted by Crippen LogP contribution is 2.24. The number of carbonyl (C=O) groups is 1. The van der Waals surface area contributed by atoms with Gasteiger partial charge >= 0.3 is 0 Å². The van der Waals surface area contributed by atoms with Crippen LogP contribution in [-0.4, -0.2) is 15.9 Å². The molecule has 1 N–H and O–H groups in total. The molecule has 0 fully saturated rings. The van der Waals surface area contributed by atoms with Crippen molar-refractivity contribution in [1.29, 1.82) is 0 Å². The molecule has 120 valence electrons. The van der Waals surface area contributed by atoms with Crippen LogP contribution in [0.15, 0.2) is 72.0 Å². The van der Waals surface area contributed by atoms with Gasteiger partial charge in [0.1, 0.15) is 16.7 Å². The van der Waals surface area contributed by atoms with Gasteiger partial charge in [-0.25, -0.2) is 14.4 Å². The Morgan fingerprint density at radius 1 is 1.00 bits per heavy atom. The Bertz CT molecular complexity index is 825. The average molecular weight is 339 g/mol. The molecular weight excluding hydrogens is 325 g/mol. The van der Waals surface area contributed by atoms with E-state index in [9.17, 15) is 9.18 Å². The Balaban J connectivity index is 1.72. The summed E-state index contributed by atoms with van der Waals surface area (Å²) in [5.74, 6) is 0.558. The molecule has 3 rings (SSSR count). The van der Waals surface area contributed by atoms with Gasteiger partial charge in [0, 0.05) is 18.1 Å². The summed E-state index contributed by atoms with van der Waals surface area (Å²) in [6.45, 7) is 0. The standard InChI is InChI=1S/C18H14FN3OS/c19-14-8-6-13(7-9-14)12-24-18-15(4-3-11-21-18)17(23)22-16-5-1-2-10-20-16/h1-11H,12H2,(H,20,22,23). The topological polar surface area (TPSA) is 54.9 Å². The molecule has 0 radical (unpaired) electrons. The predicted octanol–water partition coefficient (Wildman–Crippen LogP) is 4.16. The van der Waals surface area contributed by atoms with Crippen LogP contribution in [0.3, 0.4) is 0 Å². The fourth-order valence-electron chi connectivity index (χ4n) is 2.03. The van der Waals surface area contributed by atoms with E-state index in [-0.39, 0.29) is 11.7 Å². The number of hydrogen-bond acceptors (Lipinski definition) is 4. The number of benzene rings is 1. The van der Waals surface area contributed by atoms with Crippen molar-refractivity contribution in [2.75, 3.05) is 5.32 Å². The van der Waals surface area contributed by atoms with Crippen molar-refractivity contribution >= 4 is 23.5 Å². The lowest BCUT2D eigenvalue weighted by molar-refractivity contribution is 0.102. The Morgan fingerprint density at radius 2 is 1.79 bits per heavy atom. The number of hydrogen-bond donors (Lipinski definition) is 1. The van der Waals surface area contributed by atoms with Crippen LogP contribution in [0.5, 0.6) is 0 Å². The van der Waals surface area contributed by atoms with Gasteiger partial charge in [0.15, 0.2) is 0 Å². The quantitative estimate of drug-likeness (QED) is 0.709. The Labute approximate surface area is 143 Å². The fourth-order valence-corrected chi connectivity index (χ4v) is 2.98. The predicted molar refractivity (Wildman–Crippen MR) is 92.4 cm³/mol. The summed E-state index contributed by atoms with van der Waals surface area (Å²) in [4.78, 5) is 20.8. The molecule has 1 aromatic carbocycles. The molecule has 3 aromatic rings. The largest absolute Gasteiger partial charge is 0.306 e. The van der Waals surface area contributed by atoms with Crippen molar-refractivity contribution in [2.45, 2.75) is 10.8 Å². The van der Waals surface area contributed by atoms with Crippen LogP contribution < -0.4 is 5.32 Å². The van der Waals surface area contributed by atoms with E-state index in [1.165, 1.54) is 23.9 Å². The van der Waals surface area contributed by atoms with Gasteiger partial charge in [0.05, 0.1) is 5.56 Å². The molecule has 0 aliphatic carbocycles. The first-order valence-electron chi connectivity index (χ1n) is 7.27. The zero-order valence-corrected chi connectivity index (χ0v) is 13.5. The highest BCUT2D eigenvalue weighted by molar-refractivity contribution is 7.98. The molecule has 24 heavy (non-hydrogen) atoms. The zero-order valence-electron chi connectivity index (χ0n) is 12.6. The van der Waals surface area contributed by atoms with Crippen molar-refractivity contribution in [1.82, 2.24) is 9.97 Å². The molecule has 0 aliphatic rings. The number of nitrogens with one attached hydrogen (secondary N) is 1. The van der Waals surface area contributed by atoms with Gasteiger partial charge in [0.2, 0.25) is 0 Å². The van der Waals surface area contributed by atoms with Crippen molar-refractivity contribution in [3.05, 3.63) is 83.9 Å². The van der Waals surface area contributed by atoms with E-state index < -0.39 is 0 Å². The summed E-state index contributed by atoms with van der Waals surface area (Å²) in [6, 6.07) is 15.0. The third-order valence-electron chi connectivity index (χ3n) is 3.21. The number of thioether (sulfide) groups is 1. The van der Waals surface area contributed by atoms with Crippen LogP contribution in [0.4, 0.5) is 10.2 Å². The van der Waals surface area contributed by atoms with E-state index >= 15 is 0 Å². The third-order valence-corrected chi connectivity index (χ3v) is 4.29. The van der Waals surface area contributed by atoms with Crippen LogP contribution in [0.2, 0.25) is 0 Å². The number of pyridine rings is 2. The first-order valence-corrected chi connectivity index (χ1v) is 8.25. The lowest BCUT2D eigenvalue weighted by Gasteiger charge is -2.08. The number of halogens is 1. The summed E-state index contributed by atoms with van der Waals surface area (Å²) in [5, 5.41) is 3.37. The van der Waals surface area contributed by atoms with E-state index in [2.05, 4.69) is 15.3 Å². The average Bonchev–Trinajstić information content (AvgIpc) is 2.62. The Hall–Kier alpha value is -2.73. The van der Waals surface area contributed by atoms with Gasteiger partial charge in [-0.15, -0.1) is 11.8 Å². The lowest BCUT2D eigenvalue weighted by Crippen LogP contribution is -2.14. The monoisotopic (exact) mass is 339 g/mol. The van der Waals surface area contributed by atoms with Gasteiger partial charge in [-0.1, -0.05) is 18.2 Å². The Kier molecular flexibility index (Phi) is 5.18. The molecule has 0 saturated heterocycles. The molecule has 4 nitrogen and oxygen atoms in total. The molecule has 2 aromatic heterocycles. The molecule has 6 heteroatoms. The number of aromatic nitrogens is 2. The first kappa shape index (κ1) is 16.1. The minimum absolute atomic E-state index is 0.261. The highest BCUT2D eigenvalue weighted by Gasteiger charge is 2.13. The second-order valence-electron chi connectivity index (χ2n) is 4.94. The summed E-state index contributed by atoms with van der Waals surface area (Å²) >= 11 is 1.43. The third kappa shape index (κ3) is 4.17. The molecule has 0 saturated carbocycles. The van der Waals surface area contributed by atoms with Gasteiger partial charge in [0.25, 0.3) is 5.91 Å². The van der Waals surface area contributed by atoms with Gasteiger partial charge in [-0.05, 0) is 42.0 Å². The normalized spacial score (nSPS) is 10.4. The molecule has 0 atom stereocenters. The SMILES string of the molecule is O=C(Nc1ccccn1)c1cccnc1SCc1ccc(F)cc1. The maximum Gasteiger partial charge on any atom is 0.259 e. The van der Waals surface area contributed by atoms with Crippen molar-refractivity contribution in [2.24, 2.45) is 0 Å². The Morgan fingerprint density at radius 3 is 2.54 bits per heavy atom. The molecular formula is C18H14FN3OS. The second kappa shape index (κ2) is 7.70. The fraction of sp³-hybridized carbons (Fsp3) is 0.0556. The van der Waals surface area contributed by atoms with Crippen LogP contribution in [0.25, 0.3) is 0 Å². The summed E-state index contributed by atoms with van der Waals surface area (Å²) in [5.41, 5.74) is 1.44. The number of anilines is 1. The van der Waals surface area contributed by atoms with E-state index in [0.29, 0.717) is 22.2 Å². The van der Waals surface area contributed by atoms with E-state index in [4.69, 9.17) is 0 Å². The summed E-state index contributed by atoms with van der Waals surface area (Å²) in [6.07, 6.45) is 3.26. The van der Waals surface area contributed by atoms with Gasteiger partial charge in [-0.3, -0.25) is 4.79 Å². The maximum atomic E-state index is 12.9. The summed E-state index contributed by atoms with van der Waals surface area (Å²) in [7, 11) is 0. The maximum absolute atomic E-state index is 12.9. The minimum Gasteiger partial charge on any atom is -0.306 e. The van der Waals surface area contributed by atoms with Crippen molar-refractivity contribution in [3.63, 3.8) is 0 Å². The van der Waals surface area contributed by atoms with Crippen molar-refractivity contribution < 1.29 is 9.18 Å². The highest BCUT2D eigenvalue weighted by atomic mass is 32.2. The second-order valence-corrected chi connectivity index (χ2v) is 5.90. The van der Waals surface area contributed by atoms with E-state index in [1.807, 2.05) is 0 Å². The van der Waals surface area contributed by atoms with Crippen LogP contribution in [0, 0.1) is 5.82 Å². The molecule has 0 unspecified atom stereocenters. The van der Waals surface area contributed by atoms with E-state index in [0.717, 1.165) is 5.56 Å². The summed E-state index contributed by atoms with van der Waals surface area (Å²) < 4.78 is 12.9. The van der Waals surface area contributed by atoms with Crippen LogP contribution in [0.1, 0.15) is 15.9 Å². The van der Waals surface area contributed by atoms with Gasteiger partial charge in [-0.2, -0.15) is 0 Å². The minimum atomic E-state index is -0.267. The number of rotatable bonds is 5. The molecule has 0 aliphatic heterocycles. The number of nitrogens with zero attached hydrogens (tertiary/aromatic N) is 2. The molecule has 0 spiro atoms. The smallest absolute Gasteiger partial charge is 0.259 e. The lowest BCUT2D eigenvalue weighted by atomic mass is 10.2. The molecule has 0 bridgehead atoms. The molecule has 2 heterocycles.